The molecule has 7 nitrogen and oxygen atoms in total. The second-order valence-electron chi connectivity index (χ2n) is 7.20. The Kier molecular flexibility index (Phi) is 7.58. The summed E-state index contributed by atoms with van der Waals surface area (Å²) in [5, 5.41) is 20.7. The molecule has 0 aromatic heterocycles. The molecule has 170 valence electrons. The average Bonchev–Trinajstić information content (AvgIpc) is 2.75. The van der Waals surface area contributed by atoms with E-state index in [2.05, 4.69) is 0 Å². The van der Waals surface area contributed by atoms with Crippen molar-refractivity contribution in [2.75, 3.05) is 0 Å². The van der Waals surface area contributed by atoms with Gasteiger partial charge in [-0.2, -0.15) is 0 Å². The number of carboxylic acids is 1. The third-order valence-corrected chi connectivity index (χ3v) is 5.20. The highest BCUT2D eigenvalue weighted by molar-refractivity contribution is 6.37. The molecule has 0 aliphatic heterocycles. The van der Waals surface area contributed by atoms with Crippen molar-refractivity contribution < 1.29 is 24.3 Å². The smallest absolute Gasteiger partial charge is 0.336 e. The van der Waals surface area contributed by atoms with Crippen LogP contribution in [0.4, 0.5) is 5.69 Å². The maximum Gasteiger partial charge on any atom is 0.336 e. The first-order valence-corrected chi connectivity index (χ1v) is 10.5. The fourth-order valence-electron chi connectivity index (χ4n) is 3.12. The van der Waals surface area contributed by atoms with E-state index < -0.39 is 10.9 Å². The number of hydrogen-bond donors (Lipinski definition) is 1. The van der Waals surface area contributed by atoms with Gasteiger partial charge < -0.3 is 14.6 Å². The summed E-state index contributed by atoms with van der Waals surface area (Å²) in [6.45, 7) is 3.57. The number of nitro groups is 1. The maximum atomic E-state index is 11.7. The molecule has 0 bridgehead atoms. The van der Waals surface area contributed by atoms with Gasteiger partial charge in [0.05, 0.1) is 20.5 Å². The van der Waals surface area contributed by atoms with Crippen molar-refractivity contribution in [3.63, 3.8) is 0 Å². The first-order chi connectivity index (χ1) is 15.7. The third-order valence-electron chi connectivity index (χ3n) is 4.63. The molecular weight excluding hydrogens is 469 g/mol. The van der Waals surface area contributed by atoms with Gasteiger partial charge in [-0.05, 0) is 37.1 Å². The number of nitrogens with zero attached hydrogens (tertiary/aromatic N) is 1. The molecule has 3 rings (SSSR count). The average molecular weight is 488 g/mol. The lowest BCUT2D eigenvalue weighted by atomic mass is 9.97. The van der Waals surface area contributed by atoms with Crippen molar-refractivity contribution in [3.8, 4) is 17.2 Å². The number of rotatable bonds is 8. The molecule has 0 aliphatic rings. The monoisotopic (exact) mass is 487 g/mol. The first kappa shape index (κ1) is 24.1. The summed E-state index contributed by atoms with van der Waals surface area (Å²) in [6.07, 6.45) is 0. The Morgan fingerprint density at radius 2 is 1.61 bits per heavy atom. The van der Waals surface area contributed by atoms with Crippen LogP contribution in [0.15, 0.2) is 66.2 Å². The minimum absolute atomic E-state index is 0.0669. The van der Waals surface area contributed by atoms with Crippen LogP contribution in [0.3, 0.4) is 0 Å². The quantitative estimate of drug-likeness (QED) is 0.205. The topological polar surface area (TPSA) is 98.9 Å². The highest BCUT2D eigenvalue weighted by atomic mass is 35.5. The number of carbonyl (C=O) groups is 1. The first-order valence-electron chi connectivity index (χ1n) is 9.70. The summed E-state index contributed by atoms with van der Waals surface area (Å²) < 4.78 is 11.5. The lowest BCUT2D eigenvalue weighted by Crippen LogP contribution is -2.07. The lowest BCUT2D eigenvalue weighted by molar-refractivity contribution is -0.384. The molecule has 3 aromatic rings. The molecule has 0 saturated heterocycles. The fourth-order valence-corrected chi connectivity index (χ4v) is 3.66. The zero-order chi connectivity index (χ0) is 24.1. The van der Waals surface area contributed by atoms with Gasteiger partial charge in [0.1, 0.15) is 18.1 Å². The minimum atomic E-state index is -1.01. The molecule has 33 heavy (non-hydrogen) atoms. The van der Waals surface area contributed by atoms with Crippen molar-refractivity contribution in [3.05, 3.63) is 97.5 Å². The van der Waals surface area contributed by atoms with Crippen LogP contribution in [0, 0.1) is 10.1 Å². The fraction of sp³-hybridized carbons (Fsp3) is 0.125. The summed E-state index contributed by atoms with van der Waals surface area (Å²) in [5.41, 5.74) is 2.09. The molecule has 0 spiro atoms. The number of aliphatic carboxylic acids is 1. The van der Waals surface area contributed by atoms with Crippen LogP contribution < -0.4 is 9.47 Å². The van der Waals surface area contributed by atoms with Crippen LogP contribution in [0.1, 0.15) is 25.0 Å². The van der Waals surface area contributed by atoms with Gasteiger partial charge in [0, 0.05) is 24.3 Å². The van der Waals surface area contributed by atoms with Crippen molar-refractivity contribution in [1.82, 2.24) is 0 Å². The molecule has 0 aliphatic carbocycles. The molecule has 0 heterocycles. The third kappa shape index (κ3) is 5.83. The van der Waals surface area contributed by atoms with Gasteiger partial charge in [-0.25, -0.2) is 4.79 Å². The lowest BCUT2D eigenvalue weighted by Gasteiger charge is -2.15. The number of benzene rings is 3. The zero-order valence-electron chi connectivity index (χ0n) is 17.7. The van der Waals surface area contributed by atoms with Gasteiger partial charge in [0.25, 0.3) is 5.69 Å². The van der Waals surface area contributed by atoms with Crippen LogP contribution in [0.5, 0.6) is 17.2 Å². The second-order valence-corrected chi connectivity index (χ2v) is 8.01. The number of non-ortho nitro benzene ring substituents is 1. The number of nitro benzene ring substituents is 1. The van der Waals surface area contributed by atoms with E-state index in [1.807, 2.05) is 0 Å². The van der Waals surface area contributed by atoms with Gasteiger partial charge >= 0.3 is 5.97 Å². The summed E-state index contributed by atoms with van der Waals surface area (Å²) >= 11 is 12.7. The molecule has 0 radical (unpaired) electrons. The van der Waals surface area contributed by atoms with Crippen molar-refractivity contribution >= 4 is 40.4 Å². The molecule has 9 heteroatoms. The molecule has 0 unspecified atom stereocenters. The summed E-state index contributed by atoms with van der Waals surface area (Å²) in [5.74, 6) is -0.140. The van der Waals surface area contributed by atoms with Crippen LogP contribution in [-0.2, 0) is 11.4 Å². The Hall–Kier alpha value is -3.55. The number of carboxylic acid groups (broad SMARTS) is 1. The van der Waals surface area contributed by atoms with E-state index in [1.54, 1.807) is 38.1 Å². The van der Waals surface area contributed by atoms with Gasteiger partial charge in [-0.3, -0.25) is 10.1 Å². The molecular formula is C24H19Cl2NO6. The normalized spacial score (nSPS) is 10.4. The predicted molar refractivity (Wildman–Crippen MR) is 126 cm³/mol. The summed E-state index contributed by atoms with van der Waals surface area (Å²) in [6, 6.07) is 15.6. The van der Waals surface area contributed by atoms with Crippen molar-refractivity contribution in [2.45, 2.75) is 20.5 Å². The van der Waals surface area contributed by atoms with Gasteiger partial charge in [0.15, 0.2) is 5.75 Å². The molecule has 0 atom stereocenters. The Balaban J connectivity index is 1.80. The van der Waals surface area contributed by atoms with Crippen LogP contribution >= 0.6 is 23.2 Å². The Morgan fingerprint density at radius 1 is 1.00 bits per heavy atom. The minimum Gasteiger partial charge on any atom is -0.489 e. The standard InChI is InChI=1S/C24H19Cl2NO6/c1-14(2)22(24(28)29)19-6-4-3-5-15(19)13-32-18-11-20(25)23(21(26)12-18)33-17-9-7-16(8-10-17)27(30)31/h3-12H,13H2,1-2H3,(H,28,29). The van der Waals surface area contributed by atoms with E-state index >= 15 is 0 Å². The SMILES string of the molecule is CC(C)=C(C(=O)O)c1ccccc1COc1cc(Cl)c(Oc2ccc([N+](=O)[O-])cc2)c(Cl)c1. The molecule has 0 amide bonds. The van der Waals surface area contributed by atoms with E-state index in [-0.39, 0.29) is 33.7 Å². The Labute approximate surface area is 199 Å². The van der Waals surface area contributed by atoms with Crippen molar-refractivity contribution in [2.24, 2.45) is 0 Å². The van der Waals surface area contributed by atoms with E-state index in [1.165, 1.54) is 36.4 Å². The zero-order valence-corrected chi connectivity index (χ0v) is 19.2. The molecule has 0 fully saturated rings. The van der Waals surface area contributed by atoms with Crippen LogP contribution in [0.25, 0.3) is 5.57 Å². The van der Waals surface area contributed by atoms with E-state index in [9.17, 15) is 20.0 Å². The highest BCUT2D eigenvalue weighted by Crippen LogP contribution is 2.40. The van der Waals surface area contributed by atoms with Crippen molar-refractivity contribution in [1.29, 1.82) is 0 Å². The summed E-state index contributed by atoms with van der Waals surface area (Å²) in [7, 11) is 0. The number of allylic oxidation sites excluding steroid dienone is 1. The van der Waals surface area contributed by atoms with Gasteiger partial charge in [-0.1, -0.05) is 53.0 Å². The molecule has 0 saturated carbocycles. The number of halogens is 2. The van der Waals surface area contributed by atoms with E-state index in [0.717, 1.165) is 0 Å². The number of ether oxygens (including phenoxy) is 2. The number of hydrogen-bond acceptors (Lipinski definition) is 5. The van der Waals surface area contributed by atoms with Gasteiger partial charge in [-0.15, -0.1) is 0 Å². The van der Waals surface area contributed by atoms with Crippen LogP contribution in [0.2, 0.25) is 10.0 Å². The van der Waals surface area contributed by atoms with Gasteiger partial charge in [0.2, 0.25) is 0 Å². The predicted octanol–water partition coefficient (Wildman–Crippen LogP) is 7.15. The Morgan fingerprint density at radius 3 is 2.15 bits per heavy atom. The largest absolute Gasteiger partial charge is 0.489 e. The van der Waals surface area contributed by atoms with E-state index in [4.69, 9.17) is 32.7 Å². The highest BCUT2D eigenvalue weighted by Gasteiger charge is 2.17. The molecule has 3 aromatic carbocycles. The second kappa shape index (κ2) is 10.4. The van der Waals surface area contributed by atoms with E-state index in [0.29, 0.717) is 28.2 Å². The maximum absolute atomic E-state index is 11.7. The van der Waals surface area contributed by atoms with Crippen LogP contribution in [-0.4, -0.2) is 16.0 Å². The summed E-state index contributed by atoms with van der Waals surface area (Å²) in [4.78, 5) is 22.0. The Bertz CT molecular complexity index is 1210. The molecule has 1 N–H and O–H groups in total.